The molecule has 0 aliphatic rings. The van der Waals surface area contributed by atoms with Crippen LogP contribution in [0.3, 0.4) is 0 Å². The van der Waals surface area contributed by atoms with Crippen LogP contribution in [0.25, 0.3) is 0 Å². The highest BCUT2D eigenvalue weighted by molar-refractivity contribution is 6.95. The van der Waals surface area contributed by atoms with Gasteiger partial charge >= 0.3 is 6.09 Å². The molecule has 0 radical (unpaired) electrons. The summed E-state index contributed by atoms with van der Waals surface area (Å²) < 4.78 is 5.69. The molecule has 2 amide bonds. The molecule has 1 atom stereocenters. The van der Waals surface area contributed by atoms with E-state index in [0.717, 1.165) is 0 Å². The van der Waals surface area contributed by atoms with E-state index >= 15 is 0 Å². The Balaban J connectivity index is 3.29. The van der Waals surface area contributed by atoms with Crippen molar-refractivity contribution in [3.05, 3.63) is 41.6 Å². The quantitative estimate of drug-likeness (QED) is 0.565. The van der Waals surface area contributed by atoms with Crippen LogP contribution < -0.4 is 5.19 Å². The number of carbonyl (C=O) groups is 2. The van der Waals surface area contributed by atoms with Crippen molar-refractivity contribution in [2.24, 2.45) is 0 Å². The third-order valence-electron chi connectivity index (χ3n) is 5.52. The number of benzene rings is 1. The van der Waals surface area contributed by atoms with Gasteiger partial charge in [-0.2, -0.15) is 0 Å². The number of ether oxygens (including phenoxy) is 1. The largest absolute Gasteiger partial charge is 0.444 e. The van der Waals surface area contributed by atoms with Crippen LogP contribution in [0.5, 0.6) is 0 Å². The van der Waals surface area contributed by atoms with Crippen LogP contribution in [0.4, 0.5) is 4.79 Å². The lowest BCUT2D eigenvalue weighted by Gasteiger charge is -2.36. The standard InChI is InChI=1S/C24H40N2O3Si/c1-10-20(30(8,9)21-16-14-13-15-17-21)18-26(23(28)29-24(5,6)7)19(4)22(27)25(11-2)12-3/h10,13-17,19H,11-12,18H2,1-9H3/b20-10-. The molecule has 0 bridgehead atoms. The predicted octanol–water partition coefficient (Wildman–Crippen LogP) is 4.58. The number of carbonyl (C=O) groups excluding carboxylic acids is 2. The molecular weight excluding hydrogens is 392 g/mol. The summed E-state index contributed by atoms with van der Waals surface area (Å²) in [6, 6.07) is 9.82. The lowest BCUT2D eigenvalue weighted by atomic mass is 10.2. The third-order valence-corrected chi connectivity index (χ3v) is 9.34. The molecule has 0 spiro atoms. The highest BCUT2D eigenvalue weighted by Gasteiger charge is 2.36. The number of hydrogen-bond acceptors (Lipinski definition) is 3. The SMILES string of the molecule is C/C=C(/CN(C(=O)OC(C)(C)C)C(C)C(=O)N(CC)CC)[Si](C)(C)c1ccccc1. The van der Waals surface area contributed by atoms with Crippen LogP contribution in [0, 0.1) is 0 Å². The zero-order valence-corrected chi connectivity index (χ0v) is 21.3. The van der Waals surface area contributed by atoms with Gasteiger partial charge in [-0.25, -0.2) is 4.79 Å². The molecule has 0 saturated carbocycles. The summed E-state index contributed by atoms with van der Waals surface area (Å²) in [5.41, 5.74) is -0.629. The van der Waals surface area contributed by atoms with Crippen molar-refractivity contribution in [1.82, 2.24) is 9.80 Å². The molecule has 6 heteroatoms. The van der Waals surface area contributed by atoms with Gasteiger partial charge < -0.3 is 9.64 Å². The first kappa shape index (κ1) is 26.0. The van der Waals surface area contributed by atoms with Gasteiger partial charge in [0.25, 0.3) is 0 Å². The van der Waals surface area contributed by atoms with Crippen LogP contribution in [-0.4, -0.2) is 61.2 Å². The Morgan fingerprint density at radius 2 is 1.63 bits per heavy atom. The molecule has 168 valence electrons. The normalized spacial score (nSPS) is 13.6. The smallest absolute Gasteiger partial charge is 0.411 e. The molecule has 0 aromatic heterocycles. The van der Waals surface area contributed by atoms with Gasteiger partial charge in [-0.05, 0) is 48.5 Å². The Morgan fingerprint density at radius 1 is 1.10 bits per heavy atom. The van der Waals surface area contributed by atoms with Crippen molar-refractivity contribution in [1.29, 1.82) is 0 Å². The summed E-state index contributed by atoms with van der Waals surface area (Å²) in [5, 5.41) is 2.49. The molecule has 1 aromatic rings. The molecule has 5 nitrogen and oxygen atoms in total. The molecule has 0 aliphatic heterocycles. The van der Waals surface area contributed by atoms with E-state index in [9.17, 15) is 9.59 Å². The molecule has 1 aromatic carbocycles. The van der Waals surface area contributed by atoms with Gasteiger partial charge in [0, 0.05) is 19.6 Å². The molecule has 1 rings (SSSR count). The monoisotopic (exact) mass is 432 g/mol. The summed E-state index contributed by atoms with van der Waals surface area (Å²) in [6.45, 7) is 19.4. The maximum Gasteiger partial charge on any atom is 0.411 e. The minimum absolute atomic E-state index is 0.0551. The second-order valence-corrected chi connectivity index (χ2v) is 13.6. The Bertz CT molecular complexity index is 735. The minimum Gasteiger partial charge on any atom is -0.444 e. The van der Waals surface area contributed by atoms with Crippen LogP contribution in [0.2, 0.25) is 13.1 Å². The number of amides is 2. The van der Waals surface area contributed by atoms with Crippen molar-refractivity contribution in [2.75, 3.05) is 19.6 Å². The first-order chi connectivity index (χ1) is 13.9. The van der Waals surface area contributed by atoms with Crippen LogP contribution >= 0.6 is 0 Å². The second-order valence-electron chi connectivity index (χ2n) is 9.10. The van der Waals surface area contributed by atoms with E-state index in [4.69, 9.17) is 4.74 Å². The molecule has 0 aliphatic carbocycles. The topological polar surface area (TPSA) is 49.9 Å². The Hall–Kier alpha value is -2.08. The summed E-state index contributed by atoms with van der Waals surface area (Å²) in [4.78, 5) is 29.6. The zero-order chi connectivity index (χ0) is 23.1. The van der Waals surface area contributed by atoms with E-state index in [0.29, 0.717) is 19.6 Å². The van der Waals surface area contributed by atoms with Gasteiger partial charge in [0.05, 0.1) is 0 Å². The van der Waals surface area contributed by atoms with Gasteiger partial charge in [0.1, 0.15) is 19.7 Å². The summed E-state index contributed by atoms with van der Waals surface area (Å²) >= 11 is 0. The van der Waals surface area contributed by atoms with Crippen LogP contribution in [0.1, 0.15) is 48.5 Å². The van der Waals surface area contributed by atoms with E-state index in [1.807, 2.05) is 47.6 Å². The van der Waals surface area contributed by atoms with Gasteiger partial charge in [0.15, 0.2) is 0 Å². The number of rotatable bonds is 8. The Kier molecular flexibility index (Phi) is 9.34. The average Bonchev–Trinajstić information content (AvgIpc) is 2.68. The van der Waals surface area contributed by atoms with E-state index in [2.05, 4.69) is 43.4 Å². The van der Waals surface area contributed by atoms with Crippen molar-refractivity contribution in [3.63, 3.8) is 0 Å². The van der Waals surface area contributed by atoms with Crippen LogP contribution in [0.15, 0.2) is 41.6 Å². The maximum atomic E-state index is 13.1. The lowest BCUT2D eigenvalue weighted by molar-refractivity contribution is -0.135. The Labute approximate surface area is 184 Å². The van der Waals surface area contributed by atoms with E-state index in [-0.39, 0.29) is 5.91 Å². The number of allylic oxidation sites excluding steroid dienone is 1. The molecule has 0 heterocycles. The molecule has 1 unspecified atom stereocenters. The predicted molar refractivity (Wildman–Crippen MR) is 128 cm³/mol. The number of nitrogens with zero attached hydrogens (tertiary/aromatic N) is 2. The van der Waals surface area contributed by atoms with Crippen molar-refractivity contribution in [3.8, 4) is 0 Å². The second kappa shape index (κ2) is 10.8. The van der Waals surface area contributed by atoms with Gasteiger partial charge in [-0.1, -0.05) is 59.9 Å². The minimum atomic E-state index is -2.01. The summed E-state index contributed by atoms with van der Waals surface area (Å²) in [6.07, 6.45) is 1.65. The molecule has 0 fully saturated rings. The van der Waals surface area contributed by atoms with E-state index in [1.165, 1.54) is 10.4 Å². The van der Waals surface area contributed by atoms with Crippen LogP contribution in [-0.2, 0) is 9.53 Å². The molecular formula is C24H40N2O3Si. The number of likely N-dealkylation sites (N-methyl/N-ethyl adjacent to an activating group) is 1. The van der Waals surface area contributed by atoms with Gasteiger partial charge in [-0.3, -0.25) is 9.69 Å². The highest BCUT2D eigenvalue weighted by atomic mass is 28.3. The molecule has 0 saturated heterocycles. The number of hydrogen-bond donors (Lipinski definition) is 0. The molecule has 30 heavy (non-hydrogen) atoms. The first-order valence-electron chi connectivity index (χ1n) is 10.9. The van der Waals surface area contributed by atoms with Gasteiger partial charge in [-0.15, -0.1) is 0 Å². The van der Waals surface area contributed by atoms with E-state index < -0.39 is 25.8 Å². The Morgan fingerprint density at radius 3 is 2.07 bits per heavy atom. The highest BCUT2D eigenvalue weighted by Crippen LogP contribution is 2.21. The van der Waals surface area contributed by atoms with Crippen molar-refractivity contribution in [2.45, 2.75) is 73.2 Å². The molecule has 0 N–H and O–H groups in total. The fraction of sp³-hybridized carbons (Fsp3) is 0.583. The van der Waals surface area contributed by atoms with Crippen molar-refractivity contribution < 1.29 is 14.3 Å². The average molecular weight is 433 g/mol. The van der Waals surface area contributed by atoms with E-state index in [1.54, 1.807) is 16.7 Å². The zero-order valence-electron chi connectivity index (χ0n) is 20.3. The summed E-state index contributed by atoms with van der Waals surface area (Å²) in [7, 11) is -2.01. The van der Waals surface area contributed by atoms with Gasteiger partial charge in [0.2, 0.25) is 5.91 Å². The first-order valence-corrected chi connectivity index (χ1v) is 13.9. The fourth-order valence-electron chi connectivity index (χ4n) is 3.49. The lowest BCUT2D eigenvalue weighted by Crippen LogP contribution is -2.54. The fourth-order valence-corrected chi connectivity index (χ4v) is 6.17. The van der Waals surface area contributed by atoms with Crippen molar-refractivity contribution >= 4 is 25.3 Å². The maximum absolute atomic E-state index is 13.1. The third kappa shape index (κ3) is 6.72. The summed E-state index contributed by atoms with van der Waals surface area (Å²) in [5.74, 6) is -0.0551.